The summed E-state index contributed by atoms with van der Waals surface area (Å²) in [4.78, 5) is 14.4. The Morgan fingerprint density at radius 1 is 1.31 bits per heavy atom. The summed E-state index contributed by atoms with van der Waals surface area (Å²) < 4.78 is 0. The Hall–Kier alpha value is -0.790. The molecule has 0 atom stereocenters. The largest absolute Gasteiger partial charge is 0.316 e. The Morgan fingerprint density at radius 2 is 2.00 bits per heavy atom. The number of carbonyl (C=O) groups is 1. The van der Waals surface area contributed by atoms with Crippen LogP contribution in [0, 0.1) is 5.41 Å². The summed E-state index contributed by atoms with van der Waals surface area (Å²) in [6.45, 7) is 5.14. The van der Waals surface area contributed by atoms with Crippen molar-refractivity contribution >= 4 is 5.91 Å². The van der Waals surface area contributed by atoms with Gasteiger partial charge < -0.3 is 4.90 Å². The zero-order valence-corrected chi connectivity index (χ0v) is 10.6. The van der Waals surface area contributed by atoms with Crippen LogP contribution >= 0.6 is 0 Å². The summed E-state index contributed by atoms with van der Waals surface area (Å²) >= 11 is 0. The molecule has 1 heterocycles. The van der Waals surface area contributed by atoms with Crippen molar-refractivity contribution in [1.82, 2.24) is 4.90 Å². The van der Waals surface area contributed by atoms with Gasteiger partial charge in [0.05, 0.1) is 5.41 Å². The number of nitrogens with zero attached hydrogens (tertiary/aromatic N) is 1. The van der Waals surface area contributed by atoms with E-state index in [4.69, 9.17) is 0 Å². The van der Waals surface area contributed by atoms with Crippen LogP contribution < -0.4 is 0 Å². The second-order valence-corrected chi connectivity index (χ2v) is 5.15. The Morgan fingerprint density at radius 3 is 2.56 bits per heavy atom. The van der Waals surface area contributed by atoms with E-state index in [0.29, 0.717) is 5.91 Å². The smallest absolute Gasteiger partial charge is 0.236 e. The highest BCUT2D eigenvalue weighted by Crippen LogP contribution is 2.47. The molecule has 1 spiro atoms. The first kappa shape index (κ1) is 11.7. The molecule has 1 aliphatic carbocycles. The van der Waals surface area contributed by atoms with Crippen molar-refractivity contribution < 1.29 is 4.79 Å². The number of hydrogen-bond acceptors (Lipinski definition) is 1. The van der Waals surface area contributed by atoms with E-state index in [0.717, 1.165) is 25.8 Å². The number of allylic oxidation sites excluding steroid dienone is 1. The topological polar surface area (TPSA) is 20.3 Å². The summed E-state index contributed by atoms with van der Waals surface area (Å²) in [5.74, 6) is 0.388. The highest BCUT2D eigenvalue weighted by Gasteiger charge is 2.46. The van der Waals surface area contributed by atoms with Gasteiger partial charge in [-0.1, -0.05) is 26.2 Å². The summed E-state index contributed by atoms with van der Waals surface area (Å²) in [7, 11) is 0. The summed E-state index contributed by atoms with van der Waals surface area (Å²) in [6.07, 6.45) is 10.4. The summed E-state index contributed by atoms with van der Waals surface area (Å²) in [5, 5.41) is 0. The molecule has 0 unspecified atom stereocenters. The van der Waals surface area contributed by atoms with Crippen LogP contribution in [0.5, 0.6) is 0 Å². The van der Waals surface area contributed by atoms with Gasteiger partial charge in [-0.05, 0) is 38.7 Å². The van der Waals surface area contributed by atoms with Crippen LogP contribution in [0.25, 0.3) is 0 Å². The van der Waals surface area contributed by atoms with Crippen molar-refractivity contribution in [2.24, 2.45) is 5.41 Å². The van der Waals surface area contributed by atoms with E-state index in [1.807, 2.05) is 4.90 Å². The predicted octanol–water partition coefficient (Wildman–Crippen LogP) is 3.48. The van der Waals surface area contributed by atoms with Gasteiger partial charge in [0.25, 0.3) is 0 Å². The normalized spacial score (nSPS) is 23.2. The third-order valence-corrected chi connectivity index (χ3v) is 4.06. The van der Waals surface area contributed by atoms with E-state index in [9.17, 15) is 4.79 Å². The number of unbranched alkanes of at least 4 members (excludes halogenated alkanes) is 1. The molecule has 0 saturated heterocycles. The molecule has 0 aromatic carbocycles. The van der Waals surface area contributed by atoms with Crippen LogP contribution in [-0.2, 0) is 4.79 Å². The van der Waals surface area contributed by atoms with E-state index in [1.165, 1.54) is 31.4 Å². The number of hydrogen-bond donors (Lipinski definition) is 0. The van der Waals surface area contributed by atoms with Gasteiger partial charge in [-0.3, -0.25) is 4.79 Å². The van der Waals surface area contributed by atoms with Gasteiger partial charge in [-0.15, -0.1) is 0 Å². The molecular formula is C14H23NO. The van der Waals surface area contributed by atoms with Crippen molar-refractivity contribution in [3.8, 4) is 0 Å². The molecule has 2 heteroatoms. The van der Waals surface area contributed by atoms with Gasteiger partial charge in [0, 0.05) is 12.2 Å². The number of amides is 1. The lowest BCUT2D eigenvalue weighted by Gasteiger charge is -2.23. The molecule has 90 valence electrons. The minimum Gasteiger partial charge on any atom is -0.316 e. The molecule has 0 aromatic rings. The molecule has 0 bridgehead atoms. The van der Waals surface area contributed by atoms with E-state index >= 15 is 0 Å². The van der Waals surface area contributed by atoms with Crippen molar-refractivity contribution in [2.75, 3.05) is 6.54 Å². The highest BCUT2D eigenvalue weighted by molar-refractivity contribution is 5.89. The molecule has 1 aliphatic heterocycles. The maximum atomic E-state index is 12.4. The lowest BCUT2D eigenvalue weighted by molar-refractivity contribution is -0.134. The molecule has 1 fully saturated rings. The van der Waals surface area contributed by atoms with Crippen LogP contribution in [0.1, 0.15) is 58.8 Å². The average molecular weight is 221 g/mol. The molecule has 0 aromatic heterocycles. The van der Waals surface area contributed by atoms with Gasteiger partial charge in [-0.25, -0.2) is 0 Å². The van der Waals surface area contributed by atoms with E-state index in [-0.39, 0.29) is 5.41 Å². The van der Waals surface area contributed by atoms with Crippen molar-refractivity contribution in [3.05, 3.63) is 11.8 Å². The molecule has 2 aliphatic rings. The Kier molecular flexibility index (Phi) is 3.36. The van der Waals surface area contributed by atoms with E-state index in [1.54, 1.807) is 0 Å². The SMILES string of the molecule is CCCCC1=CC2(CCCC2)C(=O)N1CC. The first-order valence-corrected chi connectivity index (χ1v) is 6.77. The van der Waals surface area contributed by atoms with Gasteiger partial charge in [0.2, 0.25) is 5.91 Å². The first-order chi connectivity index (χ1) is 7.73. The highest BCUT2D eigenvalue weighted by atomic mass is 16.2. The Labute approximate surface area is 98.7 Å². The fraction of sp³-hybridized carbons (Fsp3) is 0.786. The summed E-state index contributed by atoms with van der Waals surface area (Å²) in [6, 6.07) is 0. The summed E-state index contributed by atoms with van der Waals surface area (Å²) in [5.41, 5.74) is 1.22. The van der Waals surface area contributed by atoms with Crippen LogP contribution in [0.2, 0.25) is 0 Å². The van der Waals surface area contributed by atoms with Gasteiger partial charge in [0.1, 0.15) is 0 Å². The maximum absolute atomic E-state index is 12.4. The third kappa shape index (κ3) is 1.79. The lowest BCUT2D eigenvalue weighted by Crippen LogP contribution is -2.34. The minimum absolute atomic E-state index is 0.0842. The van der Waals surface area contributed by atoms with Crippen LogP contribution in [0.4, 0.5) is 0 Å². The fourth-order valence-corrected chi connectivity index (χ4v) is 3.13. The van der Waals surface area contributed by atoms with E-state index in [2.05, 4.69) is 19.9 Å². The van der Waals surface area contributed by atoms with Crippen molar-refractivity contribution in [2.45, 2.75) is 58.8 Å². The third-order valence-electron chi connectivity index (χ3n) is 4.06. The van der Waals surface area contributed by atoms with Gasteiger partial charge in [-0.2, -0.15) is 0 Å². The molecule has 16 heavy (non-hydrogen) atoms. The van der Waals surface area contributed by atoms with Crippen LogP contribution in [0.15, 0.2) is 11.8 Å². The second kappa shape index (κ2) is 4.60. The molecule has 0 radical (unpaired) electrons. The molecule has 1 saturated carbocycles. The molecule has 2 rings (SSSR count). The standard InChI is InChI=1S/C14H23NO/c1-3-5-8-12-11-14(9-6-7-10-14)13(16)15(12)4-2/h11H,3-10H2,1-2H3. The molecular weight excluding hydrogens is 198 g/mol. The maximum Gasteiger partial charge on any atom is 0.236 e. The fourth-order valence-electron chi connectivity index (χ4n) is 3.13. The first-order valence-electron chi connectivity index (χ1n) is 6.77. The molecule has 1 amide bonds. The van der Waals surface area contributed by atoms with Gasteiger partial charge in [0.15, 0.2) is 0 Å². The van der Waals surface area contributed by atoms with Crippen LogP contribution in [0.3, 0.4) is 0 Å². The zero-order valence-electron chi connectivity index (χ0n) is 10.6. The quantitative estimate of drug-likeness (QED) is 0.711. The van der Waals surface area contributed by atoms with Crippen molar-refractivity contribution in [1.29, 1.82) is 0 Å². The molecule has 0 N–H and O–H groups in total. The lowest BCUT2D eigenvalue weighted by atomic mass is 9.86. The van der Waals surface area contributed by atoms with E-state index < -0.39 is 0 Å². The zero-order chi connectivity index (χ0) is 11.6. The monoisotopic (exact) mass is 221 g/mol. The second-order valence-electron chi connectivity index (χ2n) is 5.15. The predicted molar refractivity (Wildman–Crippen MR) is 65.9 cm³/mol. The van der Waals surface area contributed by atoms with Crippen molar-refractivity contribution in [3.63, 3.8) is 0 Å². The number of rotatable bonds is 4. The molecule has 2 nitrogen and oxygen atoms in total. The van der Waals surface area contributed by atoms with Gasteiger partial charge >= 0.3 is 0 Å². The Bertz CT molecular complexity index is 300. The minimum atomic E-state index is -0.0842. The Balaban J connectivity index is 2.17. The van der Waals surface area contributed by atoms with Crippen LogP contribution in [-0.4, -0.2) is 17.4 Å². The number of carbonyl (C=O) groups excluding carboxylic acids is 1. The average Bonchev–Trinajstić information content (AvgIpc) is 2.85.